The maximum Gasteiger partial charge on any atom is 0.123 e. The number of hydrogen-bond donors (Lipinski definition) is 1. The Morgan fingerprint density at radius 2 is 1.80 bits per heavy atom. The summed E-state index contributed by atoms with van der Waals surface area (Å²) in [7, 11) is 0. The van der Waals surface area contributed by atoms with E-state index in [1.54, 1.807) is 12.1 Å². The Balaban J connectivity index is 2.08. The summed E-state index contributed by atoms with van der Waals surface area (Å²) in [6.07, 6.45) is 1.48. The molecular weight excluding hydrogens is 319 g/mol. The van der Waals surface area contributed by atoms with E-state index >= 15 is 0 Å². The first-order valence-corrected chi connectivity index (χ1v) is 7.48. The predicted octanol–water partition coefficient (Wildman–Crippen LogP) is 4.29. The van der Waals surface area contributed by atoms with Crippen molar-refractivity contribution in [3.05, 3.63) is 69.4 Å². The lowest BCUT2D eigenvalue weighted by atomic mass is 9.91. The van der Waals surface area contributed by atoms with Crippen molar-refractivity contribution < 1.29 is 9.50 Å². The Hall–Kier alpha value is -1.19. The Kier molecular flexibility index (Phi) is 5.32. The molecule has 20 heavy (non-hydrogen) atoms. The Morgan fingerprint density at radius 1 is 1.10 bits per heavy atom. The van der Waals surface area contributed by atoms with Gasteiger partial charge in [0.25, 0.3) is 0 Å². The zero-order valence-electron chi connectivity index (χ0n) is 11.4. The van der Waals surface area contributed by atoms with Gasteiger partial charge in [-0.2, -0.15) is 0 Å². The molecule has 0 saturated heterocycles. The Labute approximate surface area is 127 Å². The normalized spacial score (nSPS) is 12.4. The zero-order valence-corrected chi connectivity index (χ0v) is 13.0. The molecule has 0 bridgehead atoms. The van der Waals surface area contributed by atoms with Crippen molar-refractivity contribution in [2.75, 3.05) is 6.61 Å². The lowest BCUT2D eigenvalue weighted by Crippen LogP contribution is -2.13. The molecule has 0 amide bonds. The number of aryl methyl sites for hydroxylation is 1. The summed E-state index contributed by atoms with van der Waals surface area (Å²) >= 11 is 3.41. The molecule has 0 saturated carbocycles. The Morgan fingerprint density at radius 3 is 2.45 bits per heavy atom. The van der Waals surface area contributed by atoms with Crippen molar-refractivity contribution in [2.24, 2.45) is 5.92 Å². The third-order valence-electron chi connectivity index (χ3n) is 3.52. The molecule has 2 rings (SSSR count). The van der Waals surface area contributed by atoms with E-state index in [9.17, 15) is 9.50 Å². The molecule has 3 heteroatoms. The van der Waals surface area contributed by atoms with Gasteiger partial charge in [0.2, 0.25) is 0 Å². The van der Waals surface area contributed by atoms with Crippen molar-refractivity contribution in [1.82, 2.24) is 0 Å². The van der Waals surface area contributed by atoms with Crippen LogP contribution in [0, 0.1) is 18.7 Å². The maximum absolute atomic E-state index is 13.3. The fourth-order valence-electron chi connectivity index (χ4n) is 2.33. The quantitative estimate of drug-likeness (QED) is 0.863. The molecule has 1 N–H and O–H groups in total. The van der Waals surface area contributed by atoms with Gasteiger partial charge >= 0.3 is 0 Å². The van der Waals surface area contributed by atoms with Crippen LogP contribution in [0.15, 0.2) is 46.9 Å². The lowest BCUT2D eigenvalue weighted by Gasteiger charge is -2.16. The van der Waals surface area contributed by atoms with Crippen LogP contribution in [0.25, 0.3) is 0 Å². The molecule has 1 atom stereocenters. The van der Waals surface area contributed by atoms with Gasteiger partial charge in [0.05, 0.1) is 0 Å². The van der Waals surface area contributed by atoms with E-state index < -0.39 is 0 Å². The number of aliphatic hydroxyl groups is 1. The van der Waals surface area contributed by atoms with E-state index in [1.165, 1.54) is 11.6 Å². The highest BCUT2D eigenvalue weighted by Crippen LogP contribution is 2.19. The molecule has 0 aliphatic rings. The number of rotatable bonds is 5. The highest BCUT2D eigenvalue weighted by molar-refractivity contribution is 9.10. The van der Waals surface area contributed by atoms with Crippen LogP contribution >= 0.6 is 15.9 Å². The molecule has 0 aliphatic heterocycles. The lowest BCUT2D eigenvalue weighted by molar-refractivity contribution is 0.224. The molecule has 1 unspecified atom stereocenters. The highest BCUT2D eigenvalue weighted by Gasteiger charge is 2.12. The molecule has 0 fully saturated rings. The monoisotopic (exact) mass is 336 g/mol. The first kappa shape index (κ1) is 15.2. The van der Waals surface area contributed by atoms with E-state index in [0.717, 1.165) is 22.0 Å². The summed E-state index contributed by atoms with van der Waals surface area (Å²) in [5, 5.41) is 9.56. The minimum atomic E-state index is -0.217. The van der Waals surface area contributed by atoms with Crippen molar-refractivity contribution >= 4 is 15.9 Å². The van der Waals surface area contributed by atoms with E-state index in [-0.39, 0.29) is 18.3 Å². The summed E-state index contributed by atoms with van der Waals surface area (Å²) in [6, 6.07) is 12.9. The van der Waals surface area contributed by atoms with E-state index in [1.807, 2.05) is 31.2 Å². The number of aliphatic hydroxyl groups excluding tert-OH is 1. The number of hydrogen-bond acceptors (Lipinski definition) is 1. The molecule has 0 aliphatic carbocycles. The molecular formula is C17H18BrFO. The molecule has 2 aromatic rings. The fourth-order valence-corrected chi connectivity index (χ4v) is 2.59. The zero-order chi connectivity index (χ0) is 14.5. The van der Waals surface area contributed by atoms with Crippen LogP contribution in [-0.4, -0.2) is 11.7 Å². The van der Waals surface area contributed by atoms with Gasteiger partial charge in [0.1, 0.15) is 5.82 Å². The minimum Gasteiger partial charge on any atom is -0.396 e. The van der Waals surface area contributed by atoms with Crippen LogP contribution in [0.2, 0.25) is 0 Å². The smallest absolute Gasteiger partial charge is 0.123 e. The molecule has 0 aromatic heterocycles. The topological polar surface area (TPSA) is 20.2 Å². The number of benzene rings is 2. The van der Waals surface area contributed by atoms with Crippen molar-refractivity contribution in [1.29, 1.82) is 0 Å². The van der Waals surface area contributed by atoms with Gasteiger partial charge in [-0.15, -0.1) is 0 Å². The summed E-state index contributed by atoms with van der Waals surface area (Å²) < 4.78 is 14.3. The summed E-state index contributed by atoms with van der Waals surface area (Å²) in [6.45, 7) is 2.08. The number of halogens is 2. The van der Waals surface area contributed by atoms with Gasteiger partial charge in [-0.25, -0.2) is 4.39 Å². The van der Waals surface area contributed by atoms with Crippen LogP contribution < -0.4 is 0 Å². The van der Waals surface area contributed by atoms with Crippen LogP contribution in [0.4, 0.5) is 4.39 Å². The highest BCUT2D eigenvalue weighted by atomic mass is 79.9. The second-order valence-electron chi connectivity index (χ2n) is 5.15. The van der Waals surface area contributed by atoms with Gasteiger partial charge in [-0.05, 0) is 66.6 Å². The van der Waals surface area contributed by atoms with Gasteiger partial charge in [0, 0.05) is 11.1 Å². The average molecular weight is 337 g/mol. The summed E-state index contributed by atoms with van der Waals surface area (Å²) in [5.74, 6) is -0.109. The van der Waals surface area contributed by atoms with E-state index in [4.69, 9.17) is 0 Å². The molecule has 0 heterocycles. The summed E-state index contributed by atoms with van der Waals surface area (Å²) in [4.78, 5) is 0. The fraction of sp³-hybridized carbons (Fsp3) is 0.294. The second-order valence-corrected chi connectivity index (χ2v) is 6.07. The van der Waals surface area contributed by atoms with Crippen molar-refractivity contribution in [2.45, 2.75) is 19.8 Å². The van der Waals surface area contributed by atoms with Crippen LogP contribution in [0.1, 0.15) is 16.7 Å². The average Bonchev–Trinajstić information content (AvgIpc) is 2.44. The minimum absolute atomic E-state index is 0.103. The maximum atomic E-state index is 13.3. The standard InChI is InChI=1S/C17H18BrFO/c1-12-2-7-17(19)10-15(12)9-14(11-20)8-13-3-5-16(18)6-4-13/h2-7,10,14,20H,8-9,11H2,1H3. The van der Waals surface area contributed by atoms with Crippen molar-refractivity contribution in [3.8, 4) is 0 Å². The molecule has 0 radical (unpaired) electrons. The third-order valence-corrected chi connectivity index (χ3v) is 4.04. The Bertz CT molecular complexity index is 566. The molecule has 2 aromatic carbocycles. The molecule has 0 spiro atoms. The van der Waals surface area contributed by atoms with Gasteiger partial charge in [-0.1, -0.05) is 34.1 Å². The van der Waals surface area contributed by atoms with Crippen LogP contribution in [0.3, 0.4) is 0 Å². The van der Waals surface area contributed by atoms with Gasteiger partial charge in [-0.3, -0.25) is 0 Å². The first-order valence-electron chi connectivity index (χ1n) is 6.69. The van der Waals surface area contributed by atoms with Crippen LogP contribution in [-0.2, 0) is 12.8 Å². The predicted molar refractivity (Wildman–Crippen MR) is 83.3 cm³/mol. The van der Waals surface area contributed by atoms with Crippen molar-refractivity contribution in [3.63, 3.8) is 0 Å². The van der Waals surface area contributed by atoms with E-state index in [0.29, 0.717) is 6.42 Å². The van der Waals surface area contributed by atoms with Crippen LogP contribution in [0.5, 0.6) is 0 Å². The van der Waals surface area contributed by atoms with Gasteiger partial charge < -0.3 is 5.11 Å². The summed E-state index contributed by atoms with van der Waals surface area (Å²) in [5.41, 5.74) is 3.23. The largest absolute Gasteiger partial charge is 0.396 e. The van der Waals surface area contributed by atoms with Gasteiger partial charge in [0.15, 0.2) is 0 Å². The third kappa shape index (κ3) is 4.15. The first-order chi connectivity index (χ1) is 9.58. The SMILES string of the molecule is Cc1ccc(F)cc1CC(CO)Cc1ccc(Br)cc1. The van der Waals surface area contributed by atoms with E-state index in [2.05, 4.69) is 15.9 Å². The molecule has 1 nitrogen and oxygen atoms in total. The second kappa shape index (κ2) is 7.00. The molecule has 106 valence electrons.